The van der Waals surface area contributed by atoms with Crippen molar-refractivity contribution >= 4 is 5.91 Å². The number of amides is 1. The van der Waals surface area contributed by atoms with Crippen LogP contribution in [0.25, 0.3) is 0 Å². The normalized spacial score (nSPS) is 22.5. The smallest absolute Gasteiger partial charge is 0.227 e. The van der Waals surface area contributed by atoms with Crippen molar-refractivity contribution in [2.45, 2.75) is 46.1 Å². The molecule has 1 heterocycles. The summed E-state index contributed by atoms with van der Waals surface area (Å²) < 4.78 is 0. The first-order valence-electron chi connectivity index (χ1n) is 7.71. The Kier molecular flexibility index (Phi) is 5.18. The van der Waals surface area contributed by atoms with Gasteiger partial charge in [-0.05, 0) is 38.3 Å². The number of hydrogen-bond donors (Lipinski definition) is 2. The number of hydrogen-bond acceptors (Lipinski definition) is 2. The summed E-state index contributed by atoms with van der Waals surface area (Å²) in [6.45, 7) is 6.72. The molecule has 20 heavy (non-hydrogen) atoms. The Morgan fingerprint density at radius 2 is 2.10 bits per heavy atom. The molecule has 1 aromatic carbocycles. The molecule has 1 unspecified atom stereocenters. The second-order valence-corrected chi connectivity index (χ2v) is 5.98. The van der Waals surface area contributed by atoms with E-state index in [0.29, 0.717) is 6.54 Å². The highest BCUT2D eigenvalue weighted by Crippen LogP contribution is 2.31. The summed E-state index contributed by atoms with van der Waals surface area (Å²) in [5.41, 5.74) is 2.22. The second kappa shape index (κ2) is 6.89. The molecule has 1 fully saturated rings. The topological polar surface area (TPSA) is 41.1 Å². The van der Waals surface area contributed by atoms with Gasteiger partial charge in [0.15, 0.2) is 0 Å². The lowest BCUT2D eigenvalue weighted by atomic mass is 9.76. The van der Waals surface area contributed by atoms with Crippen LogP contribution in [0.4, 0.5) is 0 Å². The van der Waals surface area contributed by atoms with Crippen LogP contribution in [0.5, 0.6) is 0 Å². The van der Waals surface area contributed by atoms with Crippen LogP contribution in [-0.4, -0.2) is 19.0 Å². The first-order chi connectivity index (χ1) is 9.66. The van der Waals surface area contributed by atoms with Gasteiger partial charge in [0.25, 0.3) is 0 Å². The van der Waals surface area contributed by atoms with Gasteiger partial charge >= 0.3 is 0 Å². The number of carbonyl (C=O) groups excluding carboxylic acids is 1. The molecule has 1 aliphatic heterocycles. The first kappa shape index (κ1) is 15.0. The second-order valence-electron chi connectivity index (χ2n) is 5.98. The molecule has 0 bridgehead atoms. The van der Waals surface area contributed by atoms with Gasteiger partial charge < -0.3 is 10.6 Å². The zero-order valence-electron chi connectivity index (χ0n) is 12.7. The Labute approximate surface area is 122 Å². The molecular weight excluding hydrogens is 248 g/mol. The van der Waals surface area contributed by atoms with Gasteiger partial charge in [-0.15, -0.1) is 0 Å². The SMILES string of the molecule is CCCC1(C(=O)NCc2ccc(C)cc2)CCCNC1. The van der Waals surface area contributed by atoms with Crippen LogP contribution in [0.3, 0.4) is 0 Å². The van der Waals surface area contributed by atoms with Gasteiger partial charge in [-0.2, -0.15) is 0 Å². The van der Waals surface area contributed by atoms with E-state index in [0.717, 1.165) is 38.8 Å². The predicted molar refractivity (Wildman–Crippen MR) is 82.5 cm³/mol. The molecule has 1 atom stereocenters. The van der Waals surface area contributed by atoms with Crippen molar-refractivity contribution in [1.29, 1.82) is 0 Å². The van der Waals surface area contributed by atoms with E-state index < -0.39 is 0 Å². The van der Waals surface area contributed by atoms with E-state index in [2.05, 4.69) is 48.7 Å². The molecule has 0 spiro atoms. The molecule has 1 aromatic rings. The average molecular weight is 274 g/mol. The zero-order valence-corrected chi connectivity index (χ0v) is 12.7. The summed E-state index contributed by atoms with van der Waals surface area (Å²) >= 11 is 0. The van der Waals surface area contributed by atoms with Crippen LogP contribution in [0.2, 0.25) is 0 Å². The fourth-order valence-corrected chi connectivity index (χ4v) is 3.04. The summed E-state index contributed by atoms with van der Waals surface area (Å²) in [6.07, 6.45) is 4.13. The summed E-state index contributed by atoms with van der Waals surface area (Å²) in [7, 11) is 0. The van der Waals surface area contributed by atoms with Crippen LogP contribution in [0.1, 0.15) is 43.7 Å². The maximum atomic E-state index is 12.6. The minimum Gasteiger partial charge on any atom is -0.352 e. The van der Waals surface area contributed by atoms with Crippen molar-refractivity contribution < 1.29 is 4.79 Å². The zero-order chi connectivity index (χ0) is 14.4. The molecule has 1 saturated heterocycles. The standard InChI is InChI=1S/C17H26N2O/c1-3-9-17(10-4-11-18-13-17)16(20)19-12-15-7-5-14(2)6-8-15/h5-8,18H,3-4,9-13H2,1-2H3,(H,19,20). The molecule has 110 valence electrons. The third-order valence-electron chi connectivity index (χ3n) is 4.26. The molecule has 1 aliphatic rings. The Morgan fingerprint density at radius 1 is 1.35 bits per heavy atom. The Bertz CT molecular complexity index is 427. The van der Waals surface area contributed by atoms with E-state index in [1.807, 2.05) is 0 Å². The predicted octanol–water partition coefficient (Wildman–Crippen LogP) is 2.78. The van der Waals surface area contributed by atoms with Gasteiger partial charge in [0.1, 0.15) is 0 Å². The number of benzene rings is 1. The number of nitrogens with one attached hydrogen (secondary N) is 2. The van der Waals surface area contributed by atoms with Gasteiger partial charge in [-0.1, -0.05) is 43.2 Å². The van der Waals surface area contributed by atoms with Crippen molar-refractivity contribution in [2.75, 3.05) is 13.1 Å². The van der Waals surface area contributed by atoms with Crippen molar-refractivity contribution in [2.24, 2.45) is 5.41 Å². The summed E-state index contributed by atoms with van der Waals surface area (Å²) in [6, 6.07) is 8.35. The van der Waals surface area contributed by atoms with E-state index in [9.17, 15) is 4.79 Å². The number of carbonyl (C=O) groups is 1. The van der Waals surface area contributed by atoms with Crippen LogP contribution >= 0.6 is 0 Å². The molecule has 0 saturated carbocycles. The van der Waals surface area contributed by atoms with E-state index >= 15 is 0 Å². The lowest BCUT2D eigenvalue weighted by Gasteiger charge is -2.36. The summed E-state index contributed by atoms with van der Waals surface area (Å²) in [5, 5.41) is 6.52. The molecule has 3 heteroatoms. The average Bonchev–Trinajstić information content (AvgIpc) is 2.47. The highest BCUT2D eigenvalue weighted by molar-refractivity contribution is 5.83. The maximum absolute atomic E-state index is 12.6. The van der Waals surface area contributed by atoms with Gasteiger partial charge in [0.05, 0.1) is 5.41 Å². The Morgan fingerprint density at radius 3 is 2.70 bits per heavy atom. The van der Waals surface area contributed by atoms with Crippen molar-refractivity contribution in [3.05, 3.63) is 35.4 Å². The monoisotopic (exact) mass is 274 g/mol. The minimum absolute atomic E-state index is 0.197. The van der Waals surface area contributed by atoms with E-state index in [1.165, 1.54) is 11.1 Å². The third kappa shape index (κ3) is 3.60. The fourth-order valence-electron chi connectivity index (χ4n) is 3.04. The first-order valence-corrected chi connectivity index (χ1v) is 7.71. The molecule has 1 amide bonds. The van der Waals surface area contributed by atoms with Gasteiger partial charge in [0.2, 0.25) is 5.91 Å². The van der Waals surface area contributed by atoms with Crippen molar-refractivity contribution in [3.8, 4) is 0 Å². The highest BCUT2D eigenvalue weighted by Gasteiger charge is 2.38. The molecule has 0 aliphatic carbocycles. The van der Waals surface area contributed by atoms with Gasteiger partial charge in [-0.3, -0.25) is 4.79 Å². The van der Waals surface area contributed by atoms with E-state index in [4.69, 9.17) is 0 Å². The fraction of sp³-hybridized carbons (Fsp3) is 0.588. The maximum Gasteiger partial charge on any atom is 0.227 e. The molecule has 2 N–H and O–H groups in total. The Balaban J connectivity index is 1.96. The molecule has 2 rings (SSSR count). The van der Waals surface area contributed by atoms with Crippen molar-refractivity contribution in [3.63, 3.8) is 0 Å². The highest BCUT2D eigenvalue weighted by atomic mass is 16.2. The van der Waals surface area contributed by atoms with E-state index in [-0.39, 0.29) is 11.3 Å². The minimum atomic E-state index is -0.197. The Hall–Kier alpha value is -1.35. The van der Waals surface area contributed by atoms with Gasteiger partial charge in [0, 0.05) is 13.1 Å². The molecule has 0 aromatic heterocycles. The van der Waals surface area contributed by atoms with Crippen LogP contribution in [-0.2, 0) is 11.3 Å². The number of rotatable bonds is 5. The quantitative estimate of drug-likeness (QED) is 0.867. The molecule has 0 radical (unpaired) electrons. The molecular formula is C17H26N2O. The number of piperidine rings is 1. The molecule has 3 nitrogen and oxygen atoms in total. The van der Waals surface area contributed by atoms with Crippen LogP contribution < -0.4 is 10.6 Å². The van der Waals surface area contributed by atoms with E-state index in [1.54, 1.807) is 0 Å². The summed E-state index contributed by atoms with van der Waals surface area (Å²) in [5.74, 6) is 0.215. The largest absolute Gasteiger partial charge is 0.352 e. The summed E-state index contributed by atoms with van der Waals surface area (Å²) in [4.78, 5) is 12.6. The van der Waals surface area contributed by atoms with Gasteiger partial charge in [-0.25, -0.2) is 0 Å². The lowest BCUT2D eigenvalue weighted by molar-refractivity contribution is -0.132. The third-order valence-corrected chi connectivity index (χ3v) is 4.26. The van der Waals surface area contributed by atoms with Crippen LogP contribution in [0, 0.1) is 12.3 Å². The van der Waals surface area contributed by atoms with Crippen LogP contribution in [0.15, 0.2) is 24.3 Å². The van der Waals surface area contributed by atoms with Crippen molar-refractivity contribution in [1.82, 2.24) is 10.6 Å². The number of aryl methyl sites for hydroxylation is 1. The lowest BCUT2D eigenvalue weighted by Crippen LogP contribution is -2.50.